The Bertz CT molecular complexity index is 895. The van der Waals surface area contributed by atoms with E-state index < -0.39 is 29.1 Å². The van der Waals surface area contributed by atoms with Crippen LogP contribution in [-0.4, -0.2) is 28.8 Å². The molecule has 1 saturated carbocycles. The van der Waals surface area contributed by atoms with E-state index in [1.54, 1.807) is 18.7 Å². The number of nitrogens with one attached hydrogen (secondary N) is 1. The Morgan fingerprint density at radius 3 is 2.31 bits per heavy atom. The Kier molecular flexibility index (Phi) is 6.67. The summed E-state index contributed by atoms with van der Waals surface area (Å²) in [6, 6.07) is 10.2. The van der Waals surface area contributed by atoms with Gasteiger partial charge in [-0.3, -0.25) is 9.59 Å². The van der Waals surface area contributed by atoms with E-state index >= 15 is 0 Å². The topological polar surface area (TPSA) is 49.4 Å². The van der Waals surface area contributed by atoms with Gasteiger partial charge in [0.25, 0.3) is 5.91 Å². The highest BCUT2D eigenvalue weighted by atomic mass is 79.9. The first-order valence-corrected chi connectivity index (χ1v) is 10.4. The van der Waals surface area contributed by atoms with Gasteiger partial charge in [0.2, 0.25) is 5.91 Å². The fourth-order valence-electron chi connectivity index (χ4n) is 3.23. The van der Waals surface area contributed by atoms with Crippen molar-refractivity contribution >= 4 is 27.7 Å². The molecule has 4 nitrogen and oxygen atoms in total. The van der Waals surface area contributed by atoms with Crippen LogP contribution in [0, 0.1) is 17.6 Å². The Labute approximate surface area is 177 Å². The summed E-state index contributed by atoms with van der Waals surface area (Å²) in [6.07, 6.45) is 1.81. The Morgan fingerprint density at radius 1 is 1.14 bits per heavy atom. The lowest BCUT2D eigenvalue weighted by Crippen LogP contribution is -2.51. The van der Waals surface area contributed by atoms with Crippen molar-refractivity contribution in [2.24, 2.45) is 5.92 Å². The van der Waals surface area contributed by atoms with E-state index in [9.17, 15) is 18.4 Å². The molecule has 154 valence electrons. The number of halogens is 3. The zero-order valence-corrected chi connectivity index (χ0v) is 17.9. The number of rotatable bonds is 7. The molecule has 1 fully saturated rings. The second-order valence-corrected chi connectivity index (χ2v) is 8.53. The fraction of sp³-hybridized carbons (Fsp3) is 0.364. The number of nitrogens with zero attached hydrogens (tertiary/aromatic N) is 1. The third-order valence-corrected chi connectivity index (χ3v) is 5.42. The lowest BCUT2D eigenvalue weighted by Gasteiger charge is -2.30. The van der Waals surface area contributed by atoms with Gasteiger partial charge in [-0.25, -0.2) is 8.78 Å². The summed E-state index contributed by atoms with van der Waals surface area (Å²) in [4.78, 5) is 27.6. The summed E-state index contributed by atoms with van der Waals surface area (Å²) in [5.41, 5.74) is 0.296. The molecule has 0 aromatic heterocycles. The third-order valence-electron chi connectivity index (χ3n) is 4.92. The van der Waals surface area contributed by atoms with Crippen LogP contribution in [0.25, 0.3) is 0 Å². The van der Waals surface area contributed by atoms with Crippen LogP contribution in [0.4, 0.5) is 8.78 Å². The molecule has 0 heterocycles. The second-order valence-electron chi connectivity index (χ2n) is 7.62. The predicted octanol–water partition coefficient (Wildman–Crippen LogP) is 4.67. The van der Waals surface area contributed by atoms with Crippen molar-refractivity contribution in [2.75, 3.05) is 0 Å². The molecule has 29 heavy (non-hydrogen) atoms. The van der Waals surface area contributed by atoms with E-state index in [-0.39, 0.29) is 17.9 Å². The number of benzene rings is 2. The zero-order valence-electron chi connectivity index (χ0n) is 16.3. The normalized spacial score (nSPS) is 14.6. The third kappa shape index (κ3) is 5.21. The van der Waals surface area contributed by atoms with Crippen LogP contribution in [0.15, 0.2) is 46.9 Å². The average molecular weight is 465 g/mol. The van der Waals surface area contributed by atoms with E-state index in [1.165, 1.54) is 6.07 Å². The number of carbonyl (C=O) groups excluding carboxylic acids is 2. The van der Waals surface area contributed by atoms with Gasteiger partial charge in [0.15, 0.2) is 0 Å². The molecule has 0 saturated heterocycles. The highest BCUT2D eigenvalue weighted by Gasteiger charge is 2.38. The van der Waals surface area contributed by atoms with Gasteiger partial charge in [-0.2, -0.15) is 0 Å². The molecule has 1 aliphatic carbocycles. The molecule has 0 aliphatic heterocycles. The van der Waals surface area contributed by atoms with E-state index in [4.69, 9.17) is 0 Å². The minimum atomic E-state index is -0.953. The molecule has 7 heteroatoms. The van der Waals surface area contributed by atoms with Gasteiger partial charge in [-0.05, 0) is 48.6 Å². The highest BCUT2D eigenvalue weighted by Crippen LogP contribution is 2.30. The first kappa shape index (κ1) is 21.4. The number of amides is 2. The van der Waals surface area contributed by atoms with E-state index in [0.717, 1.165) is 35.0 Å². The Balaban J connectivity index is 1.81. The van der Waals surface area contributed by atoms with Gasteiger partial charge in [0.05, 0.1) is 0 Å². The van der Waals surface area contributed by atoms with Gasteiger partial charge >= 0.3 is 0 Å². The van der Waals surface area contributed by atoms with Gasteiger partial charge in [-0.15, -0.1) is 0 Å². The molecule has 0 radical (unpaired) electrons. The number of carbonyl (C=O) groups is 2. The van der Waals surface area contributed by atoms with Crippen LogP contribution in [0.1, 0.15) is 42.6 Å². The molecular weight excluding hydrogens is 442 g/mol. The van der Waals surface area contributed by atoms with Crippen molar-refractivity contribution in [3.05, 3.63) is 69.7 Å². The molecule has 1 atom stereocenters. The lowest BCUT2D eigenvalue weighted by atomic mass is 10.0. The summed E-state index contributed by atoms with van der Waals surface area (Å²) in [6.45, 7) is 4.01. The van der Waals surface area contributed by atoms with Gasteiger partial charge in [0.1, 0.15) is 23.2 Å². The van der Waals surface area contributed by atoms with Gasteiger partial charge in [-0.1, -0.05) is 48.0 Å². The summed E-state index contributed by atoms with van der Waals surface area (Å²) in [5.74, 6) is -3.32. The molecule has 1 aliphatic rings. The Hall–Kier alpha value is -2.28. The Morgan fingerprint density at radius 2 is 1.76 bits per heavy atom. The van der Waals surface area contributed by atoms with Crippen LogP contribution >= 0.6 is 15.9 Å². The van der Waals surface area contributed by atoms with Crippen LogP contribution in [0.5, 0.6) is 0 Å². The molecule has 2 amide bonds. The first-order valence-electron chi connectivity index (χ1n) is 9.57. The number of hydrogen-bond donors (Lipinski definition) is 1. The van der Waals surface area contributed by atoms with Crippen LogP contribution in [0.3, 0.4) is 0 Å². The zero-order chi connectivity index (χ0) is 21.1. The molecule has 2 aromatic rings. The maximum atomic E-state index is 14.0. The molecule has 1 unspecified atom stereocenters. The molecule has 2 aromatic carbocycles. The van der Waals surface area contributed by atoms with Crippen molar-refractivity contribution in [3.8, 4) is 0 Å². The summed E-state index contributed by atoms with van der Waals surface area (Å²) < 4.78 is 28.9. The first-order chi connectivity index (χ1) is 13.8. The molecular formula is C22H23BrF2N2O2. The SMILES string of the molecule is CC(C)C(NC(=O)c1c(F)cccc1F)C(=O)N(Cc1cccc(Br)c1)C1CC1. The maximum absolute atomic E-state index is 14.0. The second kappa shape index (κ2) is 9.03. The number of hydrogen-bond acceptors (Lipinski definition) is 2. The van der Waals surface area contributed by atoms with Gasteiger partial charge < -0.3 is 10.2 Å². The van der Waals surface area contributed by atoms with Crippen molar-refractivity contribution in [2.45, 2.75) is 45.3 Å². The maximum Gasteiger partial charge on any atom is 0.257 e. The molecule has 0 spiro atoms. The van der Waals surface area contributed by atoms with Crippen molar-refractivity contribution < 1.29 is 18.4 Å². The van der Waals surface area contributed by atoms with E-state index in [0.29, 0.717) is 6.54 Å². The summed E-state index contributed by atoms with van der Waals surface area (Å²) in [7, 11) is 0. The minimum Gasteiger partial charge on any atom is -0.340 e. The molecule has 3 rings (SSSR count). The predicted molar refractivity (Wildman–Crippen MR) is 110 cm³/mol. The lowest BCUT2D eigenvalue weighted by molar-refractivity contribution is -0.135. The van der Waals surface area contributed by atoms with E-state index in [1.807, 2.05) is 24.3 Å². The van der Waals surface area contributed by atoms with Gasteiger partial charge in [0, 0.05) is 17.1 Å². The summed E-state index contributed by atoms with van der Waals surface area (Å²) in [5, 5.41) is 2.56. The van der Waals surface area contributed by atoms with E-state index in [2.05, 4.69) is 21.2 Å². The van der Waals surface area contributed by atoms with Crippen molar-refractivity contribution in [3.63, 3.8) is 0 Å². The fourth-order valence-corrected chi connectivity index (χ4v) is 3.67. The van der Waals surface area contributed by atoms with Crippen LogP contribution in [-0.2, 0) is 11.3 Å². The minimum absolute atomic E-state index is 0.116. The summed E-state index contributed by atoms with van der Waals surface area (Å²) >= 11 is 3.43. The highest BCUT2D eigenvalue weighted by molar-refractivity contribution is 9.10. The average Bonchev–Trinajstić information content (AvgIpc) is 3.48. The molecule has 1 N–H and O–H groups in total. The smallest absolute Gasteiger partial charge is 0.257 e. The van der Waals surface area contributed by atoms with Crippen LogP contribution in [0.2, 0.25) is 0 Å². The van der Waals surface area contributed by atoms with Crippen molar-refractivity contribution in [1.29, 1.82) is 0 Å². The standard InChI is InChI=1S/C22H23BrF2N2O2/c1-13(2)20(26-21(28)19-17(24)7-4-8-18(19)25)22(29)27(16-9-10-16)12-14-5-3-6-15(23)11-14/h3-8,11,13,16,20H,9-10,12H2,1-2H3,(H,26,28). The largest absolute Gasteiger partial charge is 0.340 e. The monoisotopic (exact) mass is 464 g/mol. The quantitative estimate of drug-likeness (QED) is 0.646. The molecule has 0 bridgehead atoms. The van der Waals surface area contributed by atoms with Crippen molar-refractivity contribution in [1.82, 2.24) is 10.2 Å². The van der Waals surface area contributed by atoms with Crippen LogP contribution < -0.4 is 5.32 Å².